The number of nitrogens with zero attached hydrogens (tertiary/aromatic N) is 2. The van der Waals surface area contributed by atoms with Crippen molar-refractivity contribution < 1.29 is 9.18 Å². The summed E-state index contributed by atoms with van der Waals surface area (Å²) >= 11 is 1.89. The van der Waals surface area contributed by atoms with Crippen molar-refractivity contribution >= 4 is 17.4 Å². The Kier molecular flexibility index (Phi) is 4.66. The number of aryl methyl sites for hydroxylation is 1. The van der Waals surface area contributed by atoms with E-state index in [1.54, 1.807) is 12.1 Å². The molecular formula is C23H24FN3OS. The highest BCUT2D eigenvalue weighted by Gasteiger charge is 2.32. The van der Waals surface area contributed by atoms with Crippen molar-refractivity contribution in [2.45, 2.75) is 51.7 Å². The van der Waals surface area contributed by atoms with E-state index in [0.29, 0.717) is 13.1 Å². The van der Waals surface area contributed by atoms with Crippen molar-refractivity contribution in [1.29, 1.82) is 0 Å². The minimum Gasteiger partial charge on any atom is -0.334 e. The highest BCUT2D eigenvalue weighted by Crippen LogP contribution is 2.42. The van der Waals surface area contributed by atoms with Gasteiger partial charge < -0.3 is 14.8 Å². The molecule has 2 aromatic heterocycles. The van der Waals surface area contributed by atoms with Gasteiger partial charge in [-0.15, -0.1) is 11.3 Å². The number of amides is 2. The molecule has 0 saturated carbocycles. The summed E-state index contributed by atoms with van der Waals surface area (Å²) in [6.45, 7) is 3.10. The predicted molar refractivity (Wildman–Crippen MR) is 113 cm³/mol. The summed E-state index contributed by atoms with van der Waals surface area (Å²) in [5.41, 5.74) is 4.79. The molecule has 29 heavy (non-hydrogen) atoms. The second kappa shape index (κ2) is 7.34. The van der Waals surface area contributed by atoms with E-state index in [1.165, 1.54) is 46.0 Å². The first-order chi connectivity index (χ1) is 14.1. The van der Waals surface area contributed by atoms with Gasteiger partial charge in [0.25, 0.3) is 0 Å². The highest BCUT2D eigenvalue weighted by atomic mass is 32.1. The van der Waals surface area contributed by atoms with Gasteiger partial charge in [-0.3, -0.25) is 0 Å². The van der Waals surface area contributed by atoms with Crippen molar-refractivity contribution in [3.8, 4) is 5.00 Å². The molecule has 2 aliphatic rings. The van der Waals surface area contributed by atoms with Gasteiger partial charge in [-0.1, -0.05) is 12.1 Å². The minimum atomic E-state index is -0.267. The van der Waals surface area contributed by atoms with Crippen molar-refractivity contribution in [2.24, 2.45) is 0 Å². The highest BCUT2D eigenvalue weighted by molar-refractivity contribution is 7.15. The Morgan fingerprint density at radius 2 is 1.97 bits per heavy atom. The Morgan fingerprint density at radius 3 is 2.79 bits per heavy atom. The van der Waals surface area contributed by atoms with Crippen LogP contribution in [0, 0.1) is 5.82 Å². The van der Waals surface area contributed by atoms with E-state index >= 15 is 0 Å². The summed E-state index contributed by atoms with van der Waals surface area (Å²) in [5.74, 6) is -0.267. The number of urea groups is 1. The first-order valence-electron chi connectivity index (χ1n) is 10.2. The number of benzene rings is 1. The fourth-order valence-electron chi connectivity index (χ4n) is 4.49. The number of fused-ring (bicyclic) bond motifs is 5. The monoisotopic (exact) mass is 409 g/mol. The van der Waals surface area contributed by atoms with Crippen LogP contribution >= 0.6 is 11.3 Å². The van der Waals surface area contributed by atoms with Crippen molar-refractivity contribution in [3.63, 3.8) is 0 Å². The average Bonchev–Trinajstić information content (AvgIpc) is 3.33. The normalized spacial score (nSPS) is 17.9. The second-order valence-electron chi connectivity index (χ2n) is 7.89. The number of carbonyl (C=O) groups is 1. The number of rotatable bonds is 2. The number of hydrogen-bond acceptors (Lipinski definition) is 2. The largest absolute Gasteiger partial charge is 0.334 e. The molecule has 0 spiro atoms. The predicted octanol–water partition coefficient (Wildman–Crippen LogP) is 5.34. The molecule has 0 bridgehead atoms. The molecule has 1 aliphatic heterocycles. The van der Waals surface area contributed by atoms with Gasteiger partial charge in [0.1, 0.15) is 10.8 Å². The third-order valence-corrected chi connectivity index (χ3v) is 7.43. The van der Waals surface area contributed by atoms with E-state index in [9.17, 15) is 9.18 Å². The molecule has 4 nitrogen and oxygen atoms in total. The summed E-state index contributed by atoms with van der Waals surface area (Å²) in [5, 5.41) is 4.31. The molecule has 1 aliphatic carbocycles. The molecule has 0 fully saturated rings. The first kappa shape index (κ1) is 18.4. The Bertz CT molecular complexity index is 1050. The maximum Gasteiger partial charge on any atom is 0.318 e. The molecule has 2 amide bonds. The Balaban J connectivity index is 1.45. The molecule has 0 radical (unpaired) electrons. The first-order valence-corrected chi connectivity index (χ1v) is 11.0. The van der Waals surface area contributed by atoms with Crippen LogP contribution in [0.5, 0.6) is 0 Å². The summed E-state index contributed by atoms with van der Waals surface area (Å²) in [6, 6.07) is 10.3. The van der Waals surface area contributed by atoms with E-state index in [1.807, 2.05) is 16.2 Å². The van der Waals surface area contributed by atoms with Crippen LogP contribution in [0.25, 0.3) is 5.00 Å². The zero-order chi connectivity index (χ0) is 20.0. The van der Waals surface area contributed by atoms with Crippen molar-refractivity contribution in [2.75, 3.05) is 0 Å². The maximum absolute atomic E-state index is 13.2. The van der Waals surface area contributed by atoms with E-state index in [0.717, 1.165) is 24.1 Å². The molecule has 6 heteroatoms. The fourth-order valence-corrected chi connectivity index (χ4v) is 5.89. The lowest BCUT2D eigenvalue weighted by Gasteiger charge is -2.28. The quantitative estimate of drug-likeness (QED) is 0.609. The summed E-state index contributed by atoms with van der Waals surface area (Å²) in [4.78, 5) is 16.6. The van der Waals surface area contributed by atoms with Gasteiger partial charge in [0.2, 0.25) is 0 Å². The van der Waals surface area contributed by atoms with Gasteiger partial charge in [-0.2, -0.15) is 0 Å². The molecular weight excluding hydrogens is 385 g/mol. The van der Waals surface area contributed by atoms with Crippen LogP contribution in [0.2, 0.25) is 0 Å². The lowest BCUT2D eigenvalue weighted by atomic mass is 9.95. The van der Waals surface area contributed by atoms with Crippen LogP contribution in [-0.4, -0.2) is 15.5 Å². The van der Waals surface area contributed by atoms with Crippen molar-refractivity contribution in [3.05, 3.63) is 75.7 Å². The van der Waals surface area contributed by atoms with E-state index < -0.39 is 0 Å². The zero-order valence-electron chi connectivity index (χ0n) is 16.5. The number of hydrogen-bond donors (Lipinski definition) is 1. The van der Waals surface area contributed by atoms with E-state index in [-0.39, 0.29) is 17.9 Å². The number of halogens is 1. The molecule has 1 N–H and O–H groups in total. The number of carbonyl (C=O) groups excluding carboxylic acids is 1. The molecule has 1 unspecified atom stereocenters. The van der Waals surface area contributed by atoms with Crippen LogP contribution in [0.4, 0.5) is 9.18 Å². The number of thiophene rings is 1. The van der Waals surface area contributed by atoms with Crippen LogP contribution in [0.1, 0.15) is 53.1 Å². The molecule has 1 atom stereocenters. The average molecular weight is 410 g/mol. The van der Waals surface area contributed by atoms with Gasteiger partial charge in [0.15, 0.2) is 0 Å². The van der Waals surface area contributed by atoms with Crippen LogP contribution < -0.4 is 5.32 Å². The lowest BCUT2D eigenvalue weighted by molar-refractivity contribution is 0.174. The fraction of sp³-hybridized carbons (Fsp3) is 0.348. The van der Waals surface area contributed by atoms with Gasteiger partial charge in [-0.05, 0) is 68.0 Å². The second-order valence-corrected chi connectivity index (χ2v) is 8.97. The van der Waals surface area contributed by atoms with Gasteiger partial charge in [-0.25, -0.2) is 9.18 Å². The Hall–Kier alpha value is -2.60. The maximum atomic E-state index is 13.2. The smallest absolute Gasteiger partial charge is 0.318 e. The standard InChI is InChI=1S/C23H24FN3OS/c1-15-20-6-4-12-26(20)22-19(18-5-2-3-7-21(18)29-22)14-27(15)23(28)25-13-16-8-10-17(24)11-9-16/h4,6,8-12,15H,2-3,5,7,13-14H2,1H3,(H,25,28). The van der Waals surface area contributed by atoms with Crippen LogP contribution in [0.3, 0.4) is 0 Å². The molecule has 1 aromatic carbocycles. The van der Waals surface area contributed by atoms with Gasteiger partial charge in [0.05, 0.1) is 12.6 Å². The lowest BCUT2D eigenvalue weighted by Crippen LogP contribution is -2.40. The summed E-state index contributed by atoms with van der Waals surface area (Å²) in [7, 11) is 0. The van der Waals surface area contributed by atoms with Crippen LogP contribution in [0.15, 0.2) is 42.6 Å². The van der Waals surface area contributed by atoms with Crippen LogP contribution in [-0.2, 0) is 25.9 Å². The topological polar surface area (TPSA) is 37.3 Å². The van der Waals surface area contributed by atoms with E-state index in [2.05, 4.69) is 35.1 Å². The number of aromatic nitrogens is 1. The SMILES string of the molecule is CC1c2cccn2-c2sc3c(c2CN1C(=O)NCc1ccc(F)cc1)CCCC3. The minimum absolute atomic E-state index is 0.0305. The zero-order valence-corrected chi connectivity index (χ0v) is 17.3. The summed E-state index contributed by atoms with van der Waals surface area (Å²) in [6.07, 6.45) is 6.85. The Labute approximate surface area is 174 Å². The molecule has 0 saturated heterocycles. The van der Waals surface area contributed by atoms with Gasteiger partial charge >= 0.3 is 6.03 Å². The van der Waals surface area contributed by atoms with Crippen molar-refractivity contribution in [1.82, 2.24) is 14.8 Å². The Morgan fingerprint density at radius 1 is 1.17 bits per heavy atom. The molecule has 150 valence electrons. The van der Waals surface area contributed by atoms with E-state index in [4.69, 9.17) is 0 Å². The van der Waals surface area contributed by atoms with Gasteiger partial charge in [0, 0.05) is 28.9 Å². The molecule has 5 rings (SSSR count). The number of nitrogens with one attached hydrogen (secondary N) is 1. The summed E-state index contributed by atoms with van der Waals surface area (Å²) < 4.78 is 15.4. The third kappa shape index (κ3) is 3.25. The molecule has 3 heterocycles. The molecule has 3 aromatic rings. The third-order valence-electron chi connectivity index (χ3n) is 6.10.